The summed E-state index contributed by atoms with van der Waals surface area (Å²) in [6, 6.07) is 0. The van der Waals surface area contributed by atoms with Gasteiger partial charge in [-0.15, -0.1) is 0 Å². The van der Waals surface area contributed by atoms with Crippen molar-refractivity contribution in [1.29, 1.82) is 0 Å². The average molecular weight is 208 g/mol. The van der Waals surface area contributed by atoms with Crippen LogP contribution in [0, 0.1) is 35.5 Å². The fourth-order valence-electron chi connectivity index (χ4n) is 4.36. The Kier molecular flexibility index (Phi) is 3.42. The van der Waals surface area contributed by atoms with Gasteiger partial charge in [-0.3, -0.25) is 0 Å². The SMILES string of the molecule is CC(C)[C@@H]1CC[C@@H](C)[C@H]2CC[C@@H](C)C[C@H]21. The maximum Gasteiger partial charge on any atom is -0.0350 e. The molecule has 2 aliphatic carbocycles. The largest absolute Gasteiger partial charge is 0.0625 e. The van der Waals surface area contributed by atoms with Crippen molar-refractivity contribution in [2.45, 2.75) is 59.8 Å². The van der Waals surface area contributed by atoms with Crippen LogP contribution in [-0.4, -0.2) is 0 Å². The second-order valence-corrected chi connectivity index (χ2v) is 6.71. The Balaban J connectivity index is 2.10. The molecule has 0 unspecified atom stereocenters. The molecule has 0 nitrogen and oxygen atoms in total. The zero-order valence-electron chi connectivity index (χ0n) is 11.0. The molecule has 0 radical (unpaired) electrons. The van der Waals surface area contributed by atoms with E-state index < -0.39 is 0 Å². The Hall–Kier alpha value is 0. The minimum atomic E-state index is 0.912. The van der Waals surface area contributed by atoms with Crippen LogP contribution in [0.15, 0.2) is 0 Å². The molecule has 15 heavy (non-hydrogen) atoms. The summed E-state index contributed by atoms with van der Waals surface area (Å²) >= 11 is 0. The van der Waals surface area contributed by atoms with E-state index in [-0.39, 0.29) is 0 Å². The molecule has 0 aromatic rings. The molecule has 0 spiro atoms. The number of rotatable bonds is 1. The van der Waals surface area contributed by atoms with E-state index in [0.717, 1.165) is 35.5 Å². The summed E-state index contributed by atoms with van der Waals surface area (Å²) in [6.45, 7) is 9.85. The number of fused-ring (bicyclic) bond motifs is 1. The average Bonchev–Trinajstić information content (AvgIpc) is 2.17. The zero-order valence-corrected chi connectivity index (χ0v) is 11.0. The van der Waals surface area contributed by atoms with Crippen LogP contribution in [0.3, 0.4) is 0 Å². The van der Waals surface area contributed by atoms with Crippen molar-refractivity contribution in [2.75, 3.05) is 0 Å². The molecule has 2 aliphatic rings. The van der Waals surface area contributed by atoms with Crippen LogP contribution in [0.2, 0.25) is 0 Å². The highest BCUT2D eigenvalue weighted by molar-refractivity contribution is 4.90. The van der Waals surface area contributed by atoms with Gasteiger partial charge >= 0.3 is 0 Å². The van der Waals surface area contributed by atoms with Crippen LogP contribution in [0.25, 0.3) is 0 Å². The van der Waals surface area contributed by atoms with E-state index in [0.29, 0.717) is 0 Å². The third kappa shape index (κ3) is 2.24. The molecule has 2 rings (SSSR count). The lowest BCUT2D eigenvalue weighted by Crippen LogP contribution is -2.39. The number of hydrogen-bond acceptors (Lipinski definition) is 0. The quantitative estimate of drug-likeness (QED) is 0.584. The van der Waals surface area contributed by atoms with Crippen molar-refractivity contribution < 1.29 is 0 Å². The Bertz CT molecular complexity index is 202. The molecule has 0 heterocycles. The Morgan fingerprint density at radius 3 is 2.27 bits per heavy atom. The minimum absolute atomic E-state index is 0.912. The lowest BCUT2D eigenvalue weighted by atomic mass is 9.57. The molecule has 0 aromatic heterocycles. The van der Waals surface area contributed by atoms with Gasteiger partial charge in [-0.05, 0) is 54.8 Å². The lowest BCUT2D eigenvalue weighted by molar-refractivity contribution is 0.0182. The van der Waals surface area contributed by atoms with Crippen molar-refractivity contribution in [1.82, 2.24) is 0 Å². The van der Waals surface area contributed by atoms with Gasteiger partial charge < -0.3 is 0 Å². The minimum Gasteiger partial charge on any atom is -0.0625 e. The molecule has 0 N–H and O–H groups in total. The van der Waals surface area contributed by atoms with Gasteiger partial charge in [0.05, 0.1) is 0 Å². The van der Waals surface area contributed by atoms with Gasteiger partial charge in [-0.25, -0.2) is 0 Å². The fraction of sp³-hybridized carbons (Fsp3) is 1.00. The van der Waals surface area contributed by atoms with Crippen LogP contribution >= 0.6 is 0 Å². The van der Waals surface area contributed by atoms with Crippen LogP contribution in [0.1, 0.15) is 59.8 Å². The summed E-state index contributed by atoms with van der Waals surface area (Å²) in [5, 5.41) is 0. The van der Waals surface area contributed by atoms with Crippen LogP contribution in [0.5, 0.6) is 0 Å². The Morgan fingerprint density at radius 1 is 0.867 bits per heavy atom. The molecule has 0 aliphatic heterocycles. The van der Waals surface area contributed by atoms with Gasteiger partial charge in [-0.2, -0.15) is 0 Å². The molecule has 0 bridgehead atoms. The normalized spacial score (nSPS) is 46.6. The van der Waals surface area contributed by atoms with Crippen LogP contribution in [0.4, 0.5) is 0 Å². The van der Waals surface area contributed by atoms with Gasteiger partial charge in [0.25, 0.3) is 0 Å². The van der Waals surface area contributed by atoms with Crippen molar-refractivity contribution in [3.05, 3.63) is 0 Å². The highest BCUT2D eigenvalue weighted by Crippen LogP contribution is 2.50. The lowest BCUT2D eigenvalue weighted by Gasteiger charge is -2.48. The Morgan fingerprint density at radius 2 is 1.60 bits per heavy atom. The highest BCUT2D eigenvalue weighted by atomic mass is 14.5. The van der Waals surface area contributed by atoms with Gasteiger partial charge in [0.1, 0.15) is 0 Å². The first kappa shape index (κ1) is 11.5. The summed E-state index contributed by atoms with van der Waals surface area (Å²) in [5.74, 6) is 6.10. The monoisotopic (exact) mass is 208 g/mol. The topological polar surface area (TPSA) is 0 Å². The Labute approximate surface area is 95.8 Å². The molecule has 0 saturated heterocycles. The fourth-order valence-corrected chi connectivity index (χ4v) is 4.36. The van der Waals surface area contributed by atoms with Gasteiger partial charge in [0.2, 0.25) is 0 Å². The van der Waals surface area contributed by atoms with Gasteiger partial charge in [-0.1, -0.05) is 40.5 Å². The molecule has 5 atom stereocenters. The smallest absolute Gasteiger partial charge is 0.0350 e. The molecule has 0 aromatic carbocycles. The second-order valence-electron chi connectivity index (χ2n) is 6.71. The molecule has 0 heteroatoms. The van der Waals surface area contributed by atoms with E-state index >= 15 is 0 Å². The summed E-state index contributed by atoms with van der Waals surface area (Å²) in [4.78, 5) is 0. The predicted molar refractivity (Wildman–Crippen MR) is 66.7 cm³/mol. The molecule has 0 amide bonds. The first-order valence-electron chi connectivity index (χ1n) is 7.09. The maximum absolute atomic E-state index is 2.50. The molecule has 2 saturated carbocycles. The zero-order chi connectivity index (χ0) is 11.0. The first-order valence-corrected chi connectivity index (χ1v) is 7.09. The standard InChI is InChI=1S/C15H28/c1-10(2)13-8-6-12(4)14-7-5-11(3)9-15(13)14/h10-15H,5-9H2,1-4H3/t11-,12-,13+,14-,15+/m1/s1. The van der Waals surface area contributed by atoms with E-state index in [1.54, 1.807) is 0 Å². The second kappa shape index (κ2) is 4.47. The van der Waals surface area contributed by atoms with Crippen molar-refractivity contribution >= 4 is 0 Å². The third-order valence-electron chi connectivity index (χ3n) is 5.31. The highest BCUT2D eigenvalue weighted by Gasteiger charge is 2.41. The maximum atomic E-state index is 2.50. The van der Waals surface area contributed by atoms with Gasteiger partial charge in [0, 0.05) is 0 Å². The molecule has 88 valence electrons. The van der Waals surface area contributed by atoms with Crippen molar-refractivity contribution in [2.24, 2.45) is 35.5 Å². The third-order valence-corrected chi connectivity index (χ3v) is 5.31. The van der Waals surface area contributed by atoms with E-state index in [4.69, 9.17) is 0 Å². The van der Waals surface area contributed by atoms with E-state index in [1.165, 1.54) is 32.1 Å². The summed E-state index contributed by atoms with van der Waals surface area (Å²) < 4.78 is 0. The predicted octanol–water partition coefficient (Wildman–Crippen LogP) is 4.74. The van der Waals surface area contributed by atoms with Crippen LogP contribution < -0.4 is 0 Å². The number of hydrogen-bond donors (Lipinski definition) is 0. The first-order chi connectivity index (χ1) is 7.09. The molecule has 2 fully saturated rings. The summed E-state index contributed by atoms with van der Waals surface area (Å²) in [7, 11) is 0. The molecular weight excluding hydrogens is 180 g/mol. The van der Waals surface area contributed by atoms with Gasteiger partial charge in [0.15, 0.2) is 0 Å². The van der Waals surface area contributed by atoms with Crippen LogP contribution in [-0.2, 0) is 0 Å². The van der Waals surface area contributed by atoms with Crippen molar-refractivity contribution in [3.63, 3.8) is 0 Å². The van der Waals surface area contributed by atoms with E-state index in [2.05, 4.69) is 27.7 Å². The summed E-state index contributed by atoms with van der Waals surface area (Å²) in [6.07, 6.45) is 7.55. The molecular formula is C15H28. The van der Waals surface area contributed by atoms with Crippen molar-refractivity contribution in [3.8, 4) is 0 Å². The summed E-state index contributed by atoms with van der Waals surface area (Å²) in [5.41, 5.74) is 0. The van der Waals surface area contributed by atoms with E-state index in [1.807, 2.05) is 0 Å². The van der Waals surface area contributed by atoms with E-state index in [9.17, 15) is 0 Å².